The highest BCUT2D eigenvalue weighted by atomic mass is 35.5. The van der Waals surface area contributed by atoms with E-state index in [-0.39, 0.29) is 17.1 Å². The molecule has 1 atom stereocenters. The monoisotopic (exact) mass is 466 g/mol. The lowest BCUT2D eigenvalue weighted by atomic mass is 10.0. The van der Waals surface area contributed by atoms with Gasteiger partial charge in [-0.25, -0.2) is 15.0 Å². The minimum atomic E-state index is -4.50. The summed E-state index contributed by atoms with van der Waals surface area (Å²) in [5.41, 5.74) is 5.78. The summed E-state index contributed by atoms with van der Waals surface area (Å²) in [6, 6.07) is 4.73. The molecule has 1 saturated heterocycles. The van der Waals surface area contributed by atoms with Crippen LogP contribution in [-0.4, -0.2) is 39.3 Å². The predicted octanol–water partition coefficient (Wildman–Crippen LogP) is 4.41. The van der Waals surface area contributed by atoms with Crippen molar-refractivity contribution in [2.24, 2.45) is 0 Å². The van der Waals surface area contributed by atoms with E-state index >= 15 is 0 Å². The molecule has 0 saturated carbocycles. The number of hydrogen-bond donors (Lipinski definition) is 3. The van der Waals surface area contributed by atoms with E-state index in [1.54, 1.807) is 13.1 Å². The number of piperidine rings is 1. The van der Waals surface area contributed by atoms with E-state index in [0.29, 0.717) is 54.0 Å². The van der Waals surface area contributed by atoms with Crippen molar-refractivity contribution in [3.05, 3.63) is 46.9 Å². The molecule has 32 heavy (non-hydrogen) atoms. The zero-order chi connectivity index (χ0) is 23.0. The lowest BCUT2D eigenvalue weighted by Crippen LogP contribution is -2.36. The molecule has 0 bridgehead atoms. The molecule has 3 heterocycles. The highest BCUT2D eigenvalue weighted by Crippen LogP contribution is 2.34. The molecule has 7 nitrogen and oxygen atoms in total. The van der Waals surface area contributed by atoms with E-state index in [2.05, 4.69) is 25.2 Å². The molecular weight excluding hydrogens is 445 g/mol. The summed E-state index contributed by atoms with van der Waals surface area (Å²) in [6.45, 7) is 3.04. The fraction of sp³-hybridized carbons (Fsp3) is 0.381. The van der Waals surface area contributed by atoms with E-state index in [9.17, 15) is 18.3 Å². The van der Waals surface area contributed by atoms with Gasteiger partial charge in [-0.1, -0.05) is 0 Å². The second-order valence-corrected chi connectivity index (χ2v) is 8.21. The number of alkyl halides is 3. The zero-order valence-electron chi connectivity index (χ0n) is 17.2. The summed E-state index contributed by atoms with van der Waals surface area (Å²) >= 11 is 6.07. The van der Waals surface area contributed by atoms with Gasteiger partial charge in [0.25, 0.3) is 0 Å². The molecule has 1 fully saturated rings. The molecule has 0 aliphatic carbocycles. The molecule has 0 radical (unpaired) electrons. The Labute approximate surface area is 187 Å². The van der Waals surface area contributed by atoms with E-state index in [0.717, 1.165) is 12.1 Å². The first-order chi connectivity index (χ1) is 15.1. The number of nitrogens with two attached hydrogens (primary N) is 1. The number of benzene rings is 1. The van der Waals surface area contributed by atoms with Crippen LogP contribution in [0.5, 0.6) is 0 Å². The van der Waals surface area contributed by atoms with E-state index < -0.39 is 17.8 Å². The fourth-order valence-electron chi connectivity index (χ4n) is 3.75. The fourth-order valence-corrected chi connectivity index (χ4v) is 3.92. The summed E-state index contributed by atoms with van der Waals surface area (Å²) in [7, 11) is 0. The normalized spacial score (nSPS) is 16.4. The summed E-state index contributed by atoms with van der Waals surface area (Å²) in [5.74, 6) is 1.08. The number of aromatic nitrogens is 3. The van der Waals surface area contributed by atoms with Gasteiger partial charge in [-0.3, -0.25) is 0 Å². The van der Waals surface area contributed by atoms with Crippen molar-refractivity contribution in [1.82, 2.24) is 15.0 Å². The average Bonchev–Trinajstić information content (AvgIpc) is 2.73. The second-order valence-electron chi connectivity index (χ2n) is 7.87. The number of nitrogens with one attached hydrogen (secondary N) is 1. The van der Waals surface area contributed by atoms with Crippen LogP contribution in [0.2, 0.25) is 5.28 Å². The van der Waals surface area contributed by atoms with Crippen LogP contribution < -0.4 is 16.0 Å². The molecule has 1 aliphatic heterocycles. The van der Waals surface area contributed by atoms with Gasteiger partial charge >= 0.3 is 6.18 Å². The molecule has 0 unspecified atom stereocenters. The minimum Gasteiger partial charge on any atom is -0.399 e. The molecule has 1 aliphatic rings. The van der Waals surface area contributed by atoms with Gasteiger partial charge in [0.05, 0.1) is 29.4 Å². The van der Waals surface area contributed by atoms with E-state index in [1.165, 1.54) is 6.07 Å². The Morgan fingerprint density at radius 1 is 1.19 bits per heavy atom. The SMILES string of the molecule is C[C@@H](Nc1nc(Cl)nc2cnc(N3CCC(O)CC3)cc12)c1cc(N)cc(C(F)(F)F)c1. The van der Waals surface area contributed by atoms with Crippen molar-refractivity contribution < 1.29 is 18.3 Å². The summed E-state index contributed by atoms with van der Waals surface area (Å²) in [6.07, 6.45) is -1.93. The van der Waals surface area contributed by atoms with Crippen molar-refractivity contribution in [2.75, 3.05) is 29.0 Å². The molecule has 4 rings (SSSR count). The molecule has 3 aromatic rings. The zero-order valence-corrected chi connectivity index (χ0v) is 18.0. The molecule has 2 aromatic heterocycles. The first kappa shape index (κ1) is 22.3. The van der Waals surface area contributed by atoms with Crippen molar-refractivity contribution >= 4 is 39.8 Å². The standard InChI is InChI=1S/C21H22ClF3N6O/c1-11(12-6-13(21(23,24)25)8-14(26)7-12)28-19-16-9-18(31-4-2-15(32)3-5-31)27-10-17(16)29-20(22)30-19/h6-11,15,32H,2-5,26H2,1H3,(H,28,29,30)/t11-/m1/s1. The lowest BCUT2D eigenvalue weighted by Gasteiger charge is -2.30. The van der Waals surface area contributed by atoms with Crippen LogP contribution in [0.1, 0.15) is 36.9 Å². The summed E-state index contributed by atoms with van der Waals surface area (Å²) < 4.78 is 39.6. The number of fused-ring (bicyclic) bond motifs is 1. The Kier molecular flexibility index (Phi) is 6.00. The van der Waals surface area contributed by atoms with Crippen LogP contribution in [0.25, 0.3) is 10.9 Å². The first-order valence-electron chi connectivity index (χ1n) is 10.1. The largest absolute Gasteiger partial charge is 0.416 e. The number of anilines is 3. The van der Waals surface area contributed by atoms with Crippen molar-refractivity contribution in [2.45, 2.75) is 38.1 Å². The van der Waals surface area contributed by atoms with Gasteiger partial charge in [-0.05, 0) is 61.2 Å². The number of halogens is 4. The smallest absolute Gasteiger partial charge is 0.399 e. The Balaban J connectivity index is 1.68. The number of pyridine rings is 1. The highest BCUT2D eigenvalue weighted by molar-refractivity contribution is 6.28. The highest BCUT2D eigenvalue weighted by Gasteiger charge is 2.31. The van der Waals surface area contributed by atoms with E-state index in [1.807, 2.05) is 6.07 Å². The average molecular weight is 467 g/mol. The van der Waals surface area contributed by atoms with Gasteiger partial charge in [0.2, 0.25) is 5.28 Å². The molecule has 0 spiro atoms. The molecule has 11 heteroatoms. The van der Waals surface area contributed by atoms with Crippen LogP contribution in [0.3, 0.4) is 0 Å². The quantitative estimate of drug-likeness (QED) is 0.386. The summed E-state index contributed by atoms with van der Waals surface area (Å²) in [5, 5.41) is 13.5. The van der Waals surface area contributed by atoms with E-state index in [4.69, 9.17) is 17.3 Å². The molecule has 0 amide bonds. The van der Waals surface area contributed by atoms with Crippen molar-refractivity contribution in [1.29, 1.82) is 0 Å². The van der Waals surface area contributed by atoms with Crippen molar-refractivity contribution in [3.8, 4) is 0 Å². The predicted molar refractivity (Wildman–Crippen MR) is 118 cm³/mol. The molecular formula is C21H22ClF3N6O. The van der Waals surface area contributed by atoms with Gasteiger partial charge in [0.15, 0.2) is 0 Å². The van der Waals surface area contributed by atoms with Gasteiger partial charge in [-0.2, -0.15) is 13.2 Å². The van der Waals surface area contributed by atoms with Crippen LogP contribution >= 0.6 is 11.6 Å². The molecule has 170 valence electrons. The second kappa shape index (κ2) is 8.59. The minimum absolute atomic E-state index is 0.00796. The Hall–Kier alpha value is -2.85. The lowest BCUT2D eigenvalue weighted by molar-refractivity contribution is -0.137. The van der Waals surface area contributed by atoms with Gasteiger partial charge < -0.3 is 21.1 Å². The topological polar surface area (TPSA) is 100 Å². The number of aliphatic hydroxyl groups is 1. The van der Waals surface area contributed by atoms with Gasteiger partial charge in [0.1, 0.15) is 11.6 Å². The third-order valence-electron chi connectivity index (χ3n) is 5.49. The Bertz CT molecular complexity index is 1130. The van der Waals surface area contributed by atoms with Crippen LogP contribution in [0.15, 0.2) is 30.5 Å². The van der Waals surface area contributed by atoms with Gasteiger partial charge in [-0.15, -0.1) is 0 Å². The first-order valence-corrected chi connectivity index (χ1v) is 10.5. The molecule has 4 N–H and O–H groups in total. The maximum absolute atomic E-state index is 13.2. The number of nitrogens with zero attached hydrogens (tertiary/aromatic N) is 4. The van der Waals surface area contributed by atoms with Crippen LogP contribution in [0.4, 0.5) is 30.5 Å². The Morgan fingerprint density at radius 2 is 1.91 bits per heavy atom. The maximum Gasteiger partial charge on any atom is 0.416 e. The number of hydrogen-bond acceptors (Lipinski definition) is 7. The number of rotatable bonds is 4. The summed E-state index contributed by atoms with van der Waals surface area (Å²) in [4.78, 5) is 15.0. The third kappa shape index (κ3) is 4.81. The molecule has 1 aromatic carbocycles. The van der Waals surface area contributed by atoms with Crippen molar-refractivity contribution in [3.63, 3.8) is 0 Å². The number of nitrogen functional groups attached to an aromatic ring is 1. The number of aliphatic hydroxyl groups excluding tert-OH is 1. The van der Waals surface area contributed by atoms with Crippen LogP contribution in [0, 0.1) is 0 Å². The maximum atomic E-state index is 13.2. The van der Waals surface area contributed by atoms with Gasteiger partial charge in [0, 0.05) is 24.2 Å². The Morgan fingerprint density at radius 3 is 2.59 bits per heavy atom. The van der Waals surface area contributed by atoms with Crippen LogP contribution in [-0.2, 0) is 6.18 Å². The third-order valence-corrected chi connectivity index (χ3v) is 5.66.